The average molecular weight is 243 g/mol. The van der Waals surface area contributed by atoms with Crippen molar-refractivity contribution in [1.82, 2.24) is 14.9 Å². The first-order valence-electron chi connectivity index (χ1n) is 6.89. The first-order valence-corrected chi connectivity index (χ1v) is 6.89. The Kier molecular flexibility index (Phi) is 3.08. The fourth-order valence-corrected chi connectivity index (χ4v) is 2.87. The smallest absolute Gasteiger partial charge is 0.106 e. The van der Waals surface area contributed by atoms with Crippen molar-refractivity contribution in [2.24, 2.45) is 7.05 Å². The molecule has 1 aliphatic heterocycles. The second kappa shape index (κ2) is 4.73. The van der Waals surface area contributed by atoms with Crippen LogP contribution < -0.4 is 5.32 Å². The van der Waals surface area contributed by atoms with Gasteiger partial charge in [-0.3, -0.25) is 0 Å². The number of rotatable bonds is 2. The van der Waals surface area contributed by atoms with E-state index in [0.717, 1.165) is 17.8 Å². The van der Waals surface area contributed by atoms with Crippen molar-refractivity contribution in [3.05, 3.63) is 29.6 Å². The van der Waals surface area contributed by atoms with Crippen molar-refractivity contribution < 1.29 is 0 Å². The molecule has 0 bridgehead atoms. The largest absolute Gasteiger partial charge is 0.331 e. The molecule has 96 valence electrons. The third kappa shape index (κ3) is 2.15. The van der Waals surface area contributed by atoms with Crippen LogP contribution in [0, 0.1) is 6.92 Å². The van der Waals surface area contributed by atoms with Gasteiger partial charge in [-0.05, 0) is 50.4 Å². The van der Waals surface area contributed by atoms with Crippen LogP contribution in [0.5, 0.6) is 0 Å². The Morgan fingerprint density at radius 1 is 1.39 bits per heavy atom. The molecule has 1 fully saturated rings. The van der Waals surface area contributed by atoms with Gasteiger partial charge in [0, 0.05) is 13.1 Å². The third-order valence-electron chi connectivity index (χ3n) is 4.06. The van der Waals surface area contributed by atoms with Gasteiger partial charge in [-0.25, -0.2) is 4.98 Å². The van der Waals surface area contributed by atoms with E-state index in [1.54, 1.807) is 0 Å². The number of imidazole rings is 1. The topological polar surface area (TPSA) is 29.9 Å². The van der Waals surface area contributed by atoms with Crippen LogP contribution in [0.2, 0.25) is 0 Å². The first-order chi connectivity index (χ1) is 8.74. The lowest BCUT2D eigenvalue weighted by Gasteiger charge is -2.23. The normalized spacial score (nSPS) is 20.4. The van der Waals surface area contributed by atoms with E-state index in [0.29, 0.717) is 6.04 Å². The van der Waals surface area contributed by atoms with Crippen molar-refractivity contribution in [3.8, 4) is 0 Å². The number of hydrogen-bond acceptors (Lipinski definition) is 2. The van der Waals surface area contributed by atoms with E-state index in [-0.39, 0.29) is 0 Å². The van der Waals surface area contributed by atoms with Gasteiger partial charge in [-0.15, -0.1) is 0 Å². The van der Waals surface area contributed by atoms with Gasteiger partial charge in [0.2, 0.25) is 0 Å². The molecular weight excluding hydrogens is 222 g/mol. The highest BCUT2D eigenvalue weighted by Gasteiger charge is 2.13. The first kappa shape index (κ1) is 11.7. The van der Waals surface area contributed by atoms with Gasteiger partial charge < -0.3 is 9.88 Å². The Morgan fingerprint density at radius 3 is 3.06 bits per heavy atom. The highest BCUT2D eigenvalue weighted by atomic mass is 15.0. The summed E-state index contributed by atoms with van der Waals surface area (Å²) in [5.41, 5.74) is 3.78. The Hall–Kier alpha value is -1.35. The molecule has 3 rings (SSSR count). The number of hydrogen-bond donors (Lipinski definition) is 1. The summed E-state index contributed by atoms with van der Waals surface area (Å²) in [4.78, 5) is 4.55. The van der Waals surface area contributed by atoms with Crippen LogP contribution in [0.3, 0.4) is 0 Å². The highest BCUT2D eigenvalue weighted by Crippen LogP contribution is 2.19. The summed E-state index contributed by atoms with van der Waals surface area (Å²) in [5.74, 6) is 1.08. The Bertz CT molecular complexity index is 550. The molecule has 0 radical (unpaired) electrons. The molecule has 1 atom stereocenters. The lowest BCUT2D eigenvalue weighted by molar-refractivity contribution is 0.399. The van der Waals surface area contributed by atoms with Gasteiger partial charge in [0.05, 0.1) is 11.0 Å². The zero-order valence-electron chi connectivity index (χ0n) is 11.2. The number of fused-ring (bicyclic) bond motifs is 1. The van der Waals surface area contributed by atoms with Gasteiger partial charge >= 0.3 is 0 Å². The van der Waals surface area contributed by atoms with E-state index in [2.05, 4.69) is 47.0 Å². The van der Waals surface area contributed by atoms with E-state index in [1.807, 2.05) is 0 Å². The second-order valence-corrected chi connectivity index (χ2v) is 5.39. The summed E-state index contributed by atoms with van der Waals surface area (Å²) in [6.07, 6.45) is 5.14. The fourth-order valence-electron chi connectivity index (χ4n) is 2.87. The minimum absolute atomic E-state index is 0.658. The molecular formula is C15H21N3. The van der Waals surface area contributed by atoms with Crippen LogP contribution in [0.1, 0.15) is 30.7 Å². The molecule has 1 N–H and O–H groups in total. The van der Waals surface area contributed by atoms with Crippen molar-refractivity contribution in [3.63, 3.8) is 0 Å². The molecule has 0 saturated carbocycles. The Labute approximate surface area is 108 Å². The number of piperidine rings is 1. The summed E-state index contributed by atoms with van der Waals surface area (Å²) in [6.45, 7) is 3.24. The van der Waals surface area contributed by atoms with Crippen LogP contribution in [-0.4, -0.2) is 22.1 Å². The van der Waals surface area contributed by atoms with E-state index in [9.17, 15) is 0 Å². The van der Waals surface area contributed by atoms with Gasteiger partial charge in [0.15, 0.2) is 0 Å². The van der Waals surface area contributed by atoms with Gasteiger partial charge in [0.25, 0.3) is 0 Å². The zero-order valence-corrected chi connectivity index (χ0v) is 11.2. The molecule has 3 heteroatoms. The molecule has 2 aromatic rings. The number of nitrogens with one attached hydrogen (secondary N) is 1. The number of nitrogens with zero attached hydrogens (tertiary/aromatic N) is 2. The van der Waals surface area contributed by atoms with Gasteiger partial charge in [0.1, 0.15) is 5.82 Å². The fraction of sp³-hybridized carbons (Fsp3) is 0.533. The molecule has 1 aliphatic rings. The van der Waals surface area contributed by atoms with Crippen LogP contribution in [0.25, 0.3) is 11.0 Å². The lowest BCUT2D eigenvalue weighted by atomic mass is 9.97. The molecule has 2 heterocycles. The van der Waals surface area contributed by atoms with Crippen molar-refractivity contribution >= 4 is 11.0 Å². The summed E-state index contributed by atoms with van der Waals surface area (Å²) < 4.78 is 2.17. The second-order valence-electron chi connectivity index (χ2n) is 5.39. The standard InChI is InChI=1S/C15H21N3/c1-11-17-14-7-6-12(10-15(14)18(11)2)9-13-5-3-4-8-16-13/h6-7,10,13,16H,3-5,8-9H2,1-2H3. The molecule has 1 aromatic carbocycles. The van der Waals surface area contributed by atoms with Crippen LogP contribution in [0.4, 0.5) is 0 Å². The lowest BCUT2D eigenvalue weighted by Crippen LogP contribution is -2.35. The maximum atomic E-state index is 4.55. The number of aryl methyl sites for hydroxylation is 2. The van der Waals surface area contributed by atoms with Crippen LogP contribution in [0.15, 0.2) is 18.2 Å². The third-order valence-corrected chi connectivity index (χ3v) is 4.06. The highest BCUT2D eigenvalue weighted by molar-refractivity contribution is 5.76. The van der Waals surface area contributed by atoms with E-state index < -0.39 is 0 Å². The maximum Gasteiger partial charge on any atom is 0.106 e. The van der Waals surface area contributed by atoms with E-state index in [4.69, 9.17) is 0 Å². The number of aromatic nitrogens is 2. The van der Waals surface area contributed by atoms with Crippen molar-refractivity contribution in [2.45, 2.75) is 38.6 Å². The SMILES string of the molecule is Cc1nc2ccc(CC3CCCCN3)cc2n1C. The van der Waals surface area contributed by atoms with Crippen LogP contribution >= 0.6 is 0 Å². The molecule has 1 saturated heterocycles. The van der Waals surface area contributed by atoms with Gasteiger partial charge in [-0.2, -0.15) is 0 Å². The molecule has 0 aliphatic carbocycles. The maximum absolute atomic E-state index is 4.55. The summed E-state index contributed by atoms with van der Waals surface area (Å²) in [7, 11) is 2.09. The summed E-state index contributed by atoms with van der Waals surface area (Å²) >= 11 is 0. The predicted octanol–water partition coefficient (Wildman–Crippen LogP) is 2.57. The van der Waals surface area contributed by atoms with E-state index in [1.165, 1.54) is 36.9 Å². The van der Waals surface area contributed by atoms with E-state index >= 15 is 0 Å². The van der Waals surface area contributed by atoms with Crippen molar-refractivity contribution in [1.29, 1.82) is 0 Å². The summed E-state index contributed by atoms with van der Waals surface area (Å²) in [5, 5.41) is 3.61. The minimum atomic E-state index is 0.658. The molecule has 3 nitrogen and oxygen atoms in total. The van der Waals surface area contributed by atoms with Crippen molar-refractivity contribution in [2.75, 3.05) is 6.54 Å². The molecule has 1 aromatic heterocycles. The van der Waals surface area contributed by atoms with Gasteiger partial charge in [-0.1, -0.05) is 12.5 Å². The number of benzene rings is 1. The van der Waals surface area contributed by atoms with Crippen LogP contribution in [-0.2, 0) is 13.5 Å². The zero-order chi connectivity index (χ0) is 12.5. The Balaban J connectivity index is 1.85. The quantitative estimate of drug-likeness (QED) is 0.878. The summed E-state index contributed by atoms with van der Waals surface area (Å²) in [6, 6.07) is 7.34. The molecule has 0 amide bonds. The molecule has 1 unspecified atom stereocenters. The predicted molar refractivity (Wildman–Crippen MR) is 74.8 cm³/mol. The Morgan fingerprint density at radius 2 is 2.28 bits per heavy atom. The molecule has 0 spiro atoms. The molecule has 18 heavy (non-hydrogen) atoms. The average Bonchev–Trinajstić information content (AvgIpc) is 2.67. The monoisotopic (exact) mass is 243 g/mol. The minimum Gasteiger partial charge on any atom is -0.331 e.